The van der Waals surface area contributed by atoms with Gasteiger partial charge in [-0.3, -0.25) is 0 Å². The molecule has 1 rings (SSSR count). The lowest BCUT2D eigenvalue weighted by molar-refractivity contribution is 0.588. The first-order valence-corrected chi connectivity index (χ1v) is 9.33. The topological polar surface area (TPSA) is 110 Å². The number of hydrogen-bond donors (Lipinski definition) is 2. The highest BCUT2D eigenvalue weighted by Gasteiger charge is 2.20. The Labute approximate surface area is 119 Å². The van der Waals surface area contributed by atoms with Gasteiger partial charge in [0, 0.05) is 25.5 Å². The Morgan fingerprint density at radius 2 is 1.85 bits per heavy atom. The van der Waals surface area contributed by atoms with E-state index in [1.807, 2.05) is 0 Å². The lowest BCUT2D eigenvalue weighted by atomic mass is 10.2. The molecule has 9 heteroatoms. The van der Waals surface area contributed by atoms with Crippen molar-refractivity contribution < 1.29 is 16.8 Å². The molecule has 3 N–H and O–H groups in total. The van der Waals surface area contributed by atoms with Crippen LogP contribution in [0.4, 0.5) is 11.4 Å². The van der Waals surface area contributed by atoms with Gasteiger partial charge in [0.1, 0.15) is 14.7 Å². The molecule has 114 valence electrons. The predicted octanol–water partition coefficient (Wildman–Crippen LogP) is -0.342. The zero-order valence-corrected chi connectivity index (χ0v) is 13.3. The predicted molar refractivity (Wildman–Crippen MR) is 80.1 cm³/mol. The van der Waals surface area contributed by atoms with Crippen LogP contribution in [-0.4, -0.2) is 49.5 Å². The summed E-state index contributed by atoms with van der Waals surface area (Å²) in [5.41, 5.74) is 6.33. The molecule has 0 amide bonds. The maximum Gasteiger partial charge on any atom is 0.242 e. The summed E-state index contributed by atoms with van der Waals surface area (Å²) in [5, 5.41) is 0. The van der Waals surface area contributed by atoms with E-state index in [-0.39, 0.29) is 17.2 Å². The maximum atomic E-state index is 12.0. The van der Waals surface area contributed by atoms with Crippen LogP contribution in [0.5, 0.6) is 0 Å². The van der Waals surface area contributed by atoms with Gasteiger partial charge in [-0.05, 0) is 25.2 Å². The smallest absolute Gasteiger partial charge is 0.242 e. The lowest BCUT2D eigenvalue weighted by Gasteiger charge is -2.22. The second kappa shape index (κ2) is 5.98. The van der Waals surface area contributed by atoms with Crippen molar-refractivity contribution in [3.8, 4) is 0 Å². The normalized spacial score (nSPS) is 12.3. The molecule has 0 atom stereocenters. The quantitative estimate of drug-likeness (QED) is 0.694. The summed E-state index contributed by atoms with van der Waals surface area (Å²) in [5.74, 6) is -0.0626. The molecule has 0 bridgehead atoms. The van der Waals surface area contributed by atoms with Crippen molar-refractivity contribution in [3.05, 3.63) is 18.2 Å². The standard InChI is InChI=1S/C11H19N3O4S2/c1-13-20(17,18)11-8-9(12)4-5-10(11)14(2)6-7-19(3,15)16/h4-5,8,13H,6-7,12H2,1-3H3. The molecular weight excluding hydrogens is 302 g/mol. The first kappa shape index (κ1) is 16.7. The average molecular weight is 321 g/mol. The molecule has 0 fully saturated rings. The second-order valence-corrected chi connectivity index (χ2v) is 8.60. The van der Waals surface area contributed by atoms with Crippen molar-refractivity contribution in [2.24, 2.45) is 0 Å². The van der Waals surface area contributed by atoms with E-state index in [1.165, 1.54) is 13.1 Å². The molecule has 0 aliphatic rings. The van der Waals surface area contributed by atoms with Gasteiger partial charge in [-0.25, -0.2) is 21.6 Å². The monoisotopic (exact) mass is 321 g/mol. The number of nitrogens with one attached hydrogen (secondary N) is 1. The summed E-state index contributed by atoms with van der Waals surface area (Å²) >= 11 is 0. The molecule has 0 saturated carbocycles. The zero-order valence-electron chi connectivity index (χ0n) is 11.6. The van der Waals surface area contributed by atoms with Crippen LogP contribution in [0.1, 0.15) is 0 Å². The van der Waals surface area contributed by atoms with Gasteiger partial charge in [0.05, 0.1) is 11.4 Å². The van der Waals surface area contributed by atoms with Gasteiger partial charge in [0.25, 0.3) is 0 Å². The molecule has 20 heavy (non-hydrogen) atoms. The van der Waals surface area contributed by atoms with Crippen LogP contribution in [-0.2, 0) is 19.9 Å². The summed E-state index contributed by atoms with van der Waals surface area (Å²) in [6, 6.07) is 4.47. The van der Waals surface area contributed by atoms with E-state index < -0.39 is 19.9 Å². The molecule has 0 saturated heterocycles. The van der Waals surface area contributed by atoms with Crippen LogP contribution >= 0.6 is 0 Å². The van der Waals surface area contributed by atoms with Crippen molar-refractivity contribution in [2.45, 2.75) is 4.90 Å². The zero-order chi connectivity index (χ0) is 15.6. The molecule has 0 radical (unpaired) electrons. The van der Waals surface area contributed by atoms with Gasteiger partial charge in [0.2, 0.25) is 10.0 Å². The fourth-order valence-electron chi connectivity index (χ4n) is 1.59. The van der Waals surface area contributed by atoms with Crippen LogP contribution in [0.2, 0.25) is 0 Å². The van der Waals surface area contributed by atoms with Gasteiger partial charge >= 0.3 is 0 Å². The van der Waals surface area contributed by atoms with Crippen LogP contribution in [0.3, 0.4) is 0 Å². The Balaban J connectivity index is 3.18. The Hall–Kier alpha value is -1.32. The Bertz CT molecular complexity index is 684. The molecule has 7 nitrogen and oxygen atoms in total. The van der Waals surface area contributed by atoms with E-state index in [2.05, 4.69) is 4.72 Å². The van der Waals surface area contributed by atoms with Crippen molar-refractivity contribution in [1.82, 2.24) is 4.72 Å². The van der Waals surface area contributed by atoms with E-state index in [1.54, 1.807) is 24.1 Å². The molecule has 0 aliphatic heterocycles. The number of hydrogen-bond acceptors (Lipinski definition) is 6. The number of nitrogens with two attached hydrogens (primary N) is 1. The van der Waals surface area contributed by atoms with Crippen molar-refractivity contribution >= 4 is 31.2 Å². The Kier molecular flexibility index (Phi) is 5.00. The minimum atomic E-state index is -3.67. The van der Waals surface area contributed by atoms with Crippen molar-refractivity contribution in [2.75, 3.05) is 43.3 Å². The summed E-state index contributed by atoms with van der Waals surface area (Å²) in [6.07, 6.45) is 1.13. The summed E-state index contributed by atoms with van der Waals surface area (Å²) in [6.45, 7) is 0.189. The maximum absolute atomic E-state index is 12.0. The van der Waals surface area contributed by atoms with E-state index in [0.717, 1.165) is 6.26 Å². The lowest BCUT2D eigenvalue weighted by Crippen LogP contribution is -2.28. The third kappa shape index (κ3) is 4.36. The largest absolute Gasteiger partial charge is 0.399 e. The minimum absolute atomic E-state index is 0.0241. The van der Waals surface area contributed by atoms with Gasteiger partial charge in [-0.2, -0.15) is 0 Å². The number of sulfonamides is 1. The molecule has 1 aromatic carbocycles. The average Bonchev–Trinajstić information content (AvgIpc) is 2.35. The van der Waals surface area contributed by atoms with Crippen LogP contribution < -0.4 is 15.4 Å². The van der Waals surface area contributed by atoms with E-state index >= 15 is 0 Å². The first-order chi connectivity index (χ1) is 9.07. The summed E-state index contributed by atoms with van der Waals surface area (Å²) in [7, 11) is -3.86. The highest BCUT2D eigenvalue weighted by molar-refractivity contribution is 7.90. The van der Waals surface area contributed by atoms with E-state index in [9.17, 15) is 16.8 Å². The molecule has 0 unspecified atom stereocenters. The SMILES string of the molecule is CNS(=O)(=O)c1cc(N)ccc1N(C)CCS(C)(=O)=O. The van der Waals surface area contributed by atoms with Gasteiger partial charge in [0.15, 0.2) is 0 Å². The third-order valence-corrected chi connectivity index (χ3v) is 5.12. The highest BCUT2D eigenvalue weighted by Crippen LogP contribution is 2.26. The number of nitrogens with zero attached hydrogens (tertiary/aromatic N) is 1. The molecule has 0 aromatic heterocycles. The fraction of sp³-hybridized carbons (Fsp3) is 0.455. The van der Waals surface area contributed by atoms with Gasteiger partial charge in [-0.15, -0.1) is 0 Å². The van der Waals surface area contributed by atoms with Gasteiger partial charge < -0.3 is 10.6 Å². The summed E-state index contributed by atoms with van der Waals surface area (Å²) < 4.78 is 48.5. The van der Waals surface area contributed by atoms with Crippen molar-refractivity contribution in [1.29, 1.82) is 0 Å². The molecule has 0 heterocycles. The number of anilines is 2. The number of sulfone groups is 1. The van der Waals surface area contributed by atoms with Crippen LogP contribution in [0, 0.1) is 0 Å². The highest BCUT2D eigenvalue weighted by atomic mass is 32.2. The number of rotatable bonds is 6. The second-order valence-electron chi connectivity index (χ2n) is 4.49. The van der Waals surface area contributed by atoms with Crippen LogP contribution in [0.15, 0.2) is 23.1 Å². The Morgan fingerprint density at radius 3 is 2.35 bits per heavy atom. The summed E-state index contributed by atoms with van der Waals surface area (Å²) in [4.78, 5) is 1.60. The van der Waals surface area contributed by atoms with Crippen LogP contribution in [0.25, 0.3) is 0 Å². The minimum Gasteiger partial charge on any atom is -0.399 e. The molecule has 1 aromatic rings. The molecular formula is C11H19N3O4S2. The molecule has 0 spiro atoms. The number of nitrogen functional groups attached to an aromatic ring is 1. The van der Waals surface area contributed by atoms with Gasteiger partial charge in [-0.1, -0.05) is 0 Å². The first-order valence-electron chi connectivity index (χ1n) is 5.79. The van der Waals surface area contributed by atoms with E-state index in [0.29, 0.717) is 11.4 Å². The number of benzene rings is 1. The van der Waals surface area contributed by atoms with Crippen molar-refractivity contribution in [3.63, 3.8) is 0 Å². The molecule has 0 aliphatic carbocycles. The fourth-order valence-corrected chi connectivity index (χ4v) is 3.21. The Morgan fingerprint density at radius 1 is 1.25 bits per heavy atom. The van der Waals surface area contributed by atoms with E-state index in [4.69, 9.17) is 5.73 Å². The third-order valence-electron chi connectivity index (χ3n) is 2.75.